The van der Waals surface area contributed by atoms with Crippen molar-refractivity contribution in [2.24, 2.45) is 4.99 Å². The van der Waals surface area contributed by atoms with Crippen LogP contribution in [0.25, 0.3) is 0 Å². The summed E-state index contributed by atoms with van der Waals surface area (Å²) in [6.45, 7) is 2.01. The summed E-state index contributed by atoms with van der Waals surface area (Å²) in [6, 6.07) is 19.5. The standard InChI is InChI=1S/C18H18N2O2/c1-18(21)16(22-13-14-8-4-2-5-9-14)12-19-17(20-18)15-10-6-3-7-11-15/h2-12,21H,13H2,1H3,(H,19,20). The molecule has 0 fully saturated rings. The van der Waals surface area contributed by atoms with Gasteiger partial charge in [0.15, 0.2) is 5.76 Å². The van der Waals surface area contributed by atoms with Crippen molar-refractivity contribution in [1.82, 2.24) is 5.32 Å². The van der Waals surface area contributed by atoms with Gasteiger partial charge in [0, 0.05) is 11.8 Å². The third-order valence-electron chi connectivity index (χ3n) is 3.42. The molecule has 0 bridgehead atoms. The normalized spacial score (nSPS) is 20.6. The second kappa shape index (κ2) is 6.03. The zero-order chi connectivity index (χ0) is 15.4. The van der Waals surface area contributed by atoms with Gasteiger partial charge in [-0.2, -0.15) is 0 Å². The fraction of sp³-hybridized carbons (Fsp3) is 0.167. The van der Waals surface area contributed by atoms with Crippen LogP contribution in [-0.2, 0) is 11.3 Å². The van der Waals surface area contributed by atoms with Gasteiger partial charge in [-0.15, -0.1) is 0 Å². The van der Waals surface area contributed by atoms with Gasteiger partial charge >= 0.3 is 0 Å². The molecule has 1 aliphatic rings. The van der Waals surface area contributed by atoms with Gasteiger partial charge in [0.25, 0.3) is 0 Å². The fourth-order valence-electron chi connectivity index (χ4n) is 2.23. The molecule has 4 nitrogen and oxygen atoms in total. The van der Waals surface area contributed by atoms with E-state index in [-0.39, 0.29) is 0 Å². The van der Waals surface area contributed by atoms with Gasteiger partial charge in [0.1, 0.15) is 12.4 Å². The molecule has 1 aliphatic heterocycles. The van der Waals surface area contributed by atoms with Gasteiger partial charge in [-0.1, -0.05) is 60.7 Å². The average molecular weight is 294 g/mol. The van der Waals surface area contributed by atoms with Crippen LogP contribution in [0.4, 0.5) is 0 Å². The average Bonchev–Trinajstić information content (AvgIpc) is 2.55. The quantitative estimate of drug-likeness (QED) is 0.911. The van der Waals surface area contributed by atoms with E-state index in [0.29, 0.717) is 18.2 Å². The summed E-state index contributed by atoms with van der Waals surface area (Å²) >= 11 is 0. The minimum atomic E-state index is -1.38. The Morgan fingerprint density at radius 2 is 1.68 bits per heavy atom. The first kappa shape index (κ1) is 14.4. The molecule has 4 heteroatoms. The Hall–Kier alpha value is -2.59. The van der Waals surface area contributed by atoms with Crippen molar-refractivity contribution >= 4 is 5.84 Å². The Balaban J connectivity index is 1.72. The molecule has 0 saturated carbocycles. The number of nitrogens with zero attached hydrogens (tertiary/aromatic N) is 1. The summed E-state index contributed by atoms with van der Waals surface area (Å²) in [6.07, 6.45) is 1.66. The molecule has 0 spiro atoms. The number of amidine groups is 1. The number of hydrogen-bond donors (Lipinski definition) is 2. The highest BCUT2D eigenvalue weighted by Gasteiger charge is 2.31. The molecule has 1 atom stereocenters. The Morgan fingerprint density at radius 3 is 2.32 bits per heavy atom. The van der Waals surface area contributed by atoms with Crippen molar-refractivity contribution < 1.29 is 9.84 Å². The number of benzene rings is 2. The van der Waals surface area contributed by atoms with Crippen LogP contribution in [0.5, 0.6) is 0 Å². The van der Waals surface area contributed by atoms with Crippen LogP contribution in [0.2, 0.25) is 0 Å². The smallest absolute Gasteiger partial charge is 0.215 e. The number of hydrogen-bond acceptors (Lipinski definition) is 4. The van der Waals surface area contributed by atoms with Crippen LogP contribution in [0.3, 0.4) is 0 Å². The maximum atomic E-state index is 10.5. The minimum Gasteiger partial charge on any atom is -0.487 e. The lowest BCUT2D eigenvalue weighted by atomic mass is 10.1. The zero-order valence-corrected chi connectivity index (χ0v) is 12.4. The summed E-state index contributed by atoms with van der Waals surface area (Å²) < 4.78 is 5.71. The lowest BCUT2D eigenvalue weighted by molar-refractivity contribution is 0.0235. The van der Waals surface area contributed by atoms with Crippen molar-refractivity contribution in [2.45, 2.75) is 19.3 Å². The lowest BCUT2D eigenvalue weighted by Gasteiger charge is -2.28. The van der Waals surface area contributed by atoms with Gasteiger partial charge in [-0.25, -0.2) is 4.99 Å². The number of aliphatic imine (C=N–C) groups is 1. The van der Waals surface area contributed by atoms with Crippen LogP contribution >= 0.6 is 0 Å². The summed E-state index contributed by atoms with van der Waals surface area (Å²) in [7, 11) is 0. The third-order valence-corrected chi connectivity index (χ3v) is 3.42. The maximum Gasteiger partial charge on any atom is 0.215 e. The largest absolute Gasteiger partial charge is 0.487 e. The van der Waals surface area contributed by atoms with Gasteiger partial charge in [-0.05, 0) is 12.5 Å². The second-order valence-corrected chi connectivity index (χ2v) is 5.27. The fourth-order valence-corrected chi connectivity index (χ4v) is 2.23. The van der Waals surface area contributed by atoms with Crippen LogP contribution < -0.4 is 5.32 Å². The summed E-state index contributed by atoms with van der Waals surface area (Å²) in [5.74, 6) is 1.02. The molecule has 0 aliphatic carbocycles. The SMILES string of the molecule is CC1(O)N=C(c2ccccc2)NC=C1OCc1ccccc1. The Labute approximate surface area is 129 Å². The topological polar surface area (TPSA) is 53.9 Å². The monoisotopic (exact) mass is 294 g/mol. The first-order chi connectivity index (χ1) is 10.6. The third kappa shape index (κ3) is 3.18. The second-order valence-electron chi connectivity index (χ2n) is 5.27. The van der Waals surface area contributed by atoms with Gasteiger partial charge < -0.3 is 15.2 Å². The molecular formula is C18H18N2O2. The van der Waals surface area contributed by atoms with Crippen LogP contribution in [-0.4, -0.2) is 16.7 Å². The first-order valence-electron chi connectivity index (χ1n) is 7.17. The number of aliphatic hydroxyl groups is 1. The molecule has 2 aromatic carbocycles. The molecule has 0 aromatic heterocycles. The summed E-state index contributed by atoms with van der Waals surface area (Å²) in [5, 5.41) is 13.6. The number of ether oxygens (including phenoxy) is 1. The van der Waals surface area contributed by atoms with Crippen molar-refractivity contribution in [2.75, 3.05) is 0 Å². The van der Waals surface area contributed by atoms with E-state index in [1.807, 2.05) is 60.7 Å². The van der Waals surface area contributed by atoms with E-state index in [1.165, 1.54) is 0 Å². The predicted molar refractivity (Wildman–Crippen MR) is 86.1 cm³/mol. The molecule has 0 amide bonds. The summed E-state index contributed by atoms with van der Waals surface area (Å²) in [5.41, 5.74) is 0.573. The van der Waals surface area contributed by atoms with E-state index in [0.717, 1.165) is 11.1 Å². The highest BCUT2D eigenvalue weighted by molar-refractivity contribution is 6.00. The highest BCUT2D eigenvalue weighted by Crippen LogP contribution is 2.24. The van der Waals surface area contributed by atoms with Crippen molar-refractivity contribution in [3.05, 3.63) is 83.7 Å². The molecule has 3 rings (SSSR count). The minimum absolute atomic E-state index is 0.390. The predicted octanol–water partition coefficient (Wildman–Crippen LogP) is 2.80. The van der Waals surface area contributed by atoms with Gasteiger partial charge in [0.2, 0.25) is 5.72 Å². The lowest BCUT2D eigenvalue weighted by Crippen LogP contribution is -2.37. The number of rotatable bonds is 4. The van der Waals surface area contributed by atoms with Gasteiger partial charge in [-0.3, -0.25) is 0 Å². The van der Waals surface area contributed by atoms with E-state index >= 15 is 0 Å². The highest BCUT2D eigenvalue weighted by atomic mass is 16.5. The van der Waals surface area contributed by atoms with Crippen LogP contribution in [0.1, 0.15) is 18.1 Å². The molecule has 2 aromatic rings. The molecule has 0 saturated heterocycles. The van der Waals surface area contributed by atoms with Crippen molar-refractivity contribution in [3.8, 4) is 0 Å². The van der Waals surface area contributed by atoms with Crippen molar-refractivity contribution in [3.63, 3.8) is 0 Å². The molecular weight excluding hydrogens is 276 g/mol. The summed E-state index contributed by atoms with van der Waals surface area (Å²) in [4.78, 5) is 4.35. The number of nitrogens with one attached hydrogen (secondary N) is 1. The van der Waals surface area contributed by atoms with E-state index in [1.54, 1.807) is 13.1 Å². The first-order valence-corrected chi connectivity index (χ1v) is 7.17. The zero-order valence-electron chi connectivity index (χ0n) is 12.4. The van der Waals surface area contributed by atoms with E-state index < -0.39 is 5.72 Å². The molecule has 1 heterocycles. The van der Waals surface area contributed by atoms with E-state index in [4.69, 9.17) is 4.74 Å². The molecule has 112 valence electrons. The Morgan fingerprint density at radius 1 is 1.05 bits per heavy atom. The molecule has 22 heavy (non-hydrogen) atoms. The van der Waals surface area contributed by atoms with Crippen LogP contribution in [0.15, 0.2) is 77.6 Å². The van der Waals surface area contributed by atoms with E-state index in [2.05, 4.69) is 10.3 Å². The van der Waals surface area contributed by atoms with Gasteiger partial charge in [0.05, 0.1) is 0 Å². The molecule has 1 unspecified atom stereocenters. The Bertz CT molecular complexity index is 692. The van der Waals surface area contributed by atoms with Crippen molar-refractivity contribution in [1.29, 1.82) is 0 Å². The van der Waals surface area contributed by atoms with Crippen LogP contribution in [0, 0.1) is 0 Å². The Kier molecular flexibility index (Phi) is 3.94. The molecule has 2 N–H and O–H groups in total. The van der Waals surface area contributed by atoms with E-state index in [9.17, 15) is 5.11 Å². The molecule has 0 radical (unpaired) electrons. The maximum absolute atomic E-state index is 10.5.